The molecule has 0 saturated carbocycles. The van der Waals surface area contributed by atoms with E-state index in [0.29, 0.717) is 23.7 Å². The molecular weight excluding hydrogens is 368 g/mol. The fourth-order valence-electron chi connectivity index (χ4n) is 2.80. The zero-order chi connectivity index (χ0) is 18.7. The van der Waals surface area contributed by atoms with Crippen molar-refractivity contribution in [3.63, 3.8) is 0 Å². The number of halogens is 1. The van der Waals surface area contributed by atoms with E-state index in [0.717, 1.165) is 28.3 Å². The zero-order valence-electron chi connectivity index (χ0n) is 14.8. The van der Waals surface area contributed by atoms with Crippen LogP contribution in [0.5, 0.6) is 0 Å². The molecule has 7 heteroatoms. The van der Waals surface area contributed by atoms with Crippen LogP contribution >= 0.6 is 22.9 Å². The fourth-order valence-corrected chi connectivity index (χ4v) is 3.99. The molecule has 3 rings (SSSR count). The van der Waals surface area contributed by atoms with Gasteiger partial charge >= 0.3 is 0 Å². The third-order valence-corrected chi connectivity index (χ3v) is 5.95. The number of aromatic nitrogens is 1. The van der Waals surface area contributed by atoms with Gasteiger partial charge in [0.25, 0.3) is 5.91 Å². The maximum Gasteiger partial charge on any atom is 0.266 e. The van der Waals surface area contributed by atoms with Crippen LogP contribution in [-0.4, -0.2) is 23.1 Å². The average molecular weight is 389 g/mol. The largest absolute Gasteiger partial charge is 0.340 e. The Morgan fingerprint density at radius 1 is 1.38 bits per heavy atom. The van der Waals surface area contributed by atoms with Crippen molar-refractivity contribution in [3.05, 3.63) is 56.6 Å². The highest BCUT2D eigenvalue weighted by Crippen LogP contribution is 2.26. The number of thiazole rings is 1. The Hall–Kier alpha value is -2.02. The Balaban J connectivity index is 1.65. The summed E-state index contributed by atoms with van der Waals surface area (Å²) in [6.45, 7) is 4.38. The van der Waals surface area contributed by atoms with E-state index in [4.69, 9.17) is 17.3 Å². The number of carbonyl (C=O) groups is 1. The van der Waals surface area contributed by atoms with E-state index >= 15 is 0 Å². The molecule has 2 heterocycles. The van der Waals surface area contributed by atoms with Gasteiger partial charge in [-0.25, -0.2) is 4.98 Å². The highest BCUT2D eigenvalue weighted by molar-refractivity contribution is 7.11. The van der Waals surface area contributed by atoms with E-state index in [9.17, 15) is 4.79 Å². The lowest BCUT2D eigenvalue weighted by atomic mass is 10.0. The molecule has 1 aliphatic heterocycles. The monoisotopic (exact) mass is 388 g/mol. The second kappa shape index (κ2) is 8.12. The van der Waals surface area contributed by atoms with Gasteiger partial charge < -0.3 is 11.1 Å². The Morgan fingerprint density at radius 3 is 2.73 bits per heavy atom. The van der Waals surface area contributed by atoms with Crippen molar-refractivity contribution in [3.8, 4) is 0 Å². The Labute approximate surface area is 162 Å². The smallest absolute Gasteiger partial charge is 0.266 e. The van der Waals surface area contributed by atoms with Gasteiger partial charge in [-0.2, -0.15) is 0 Å². The topological polar surface area (TPSA) is 80.4 Å². The minimum Gasteiger partial charge on any atom is -0.340 e. The van der Waals surface area contributed by atoms with Gasteiger partial charge in [-0.15, -0.1) is 11.3 Å². The SMILES string of the molecule is CCc1sc(C(CN)NC(=O)C2=NC=C(c3ccc(Cl)cc3)C2)nc1C. The number of benzene rings is 1. The van der Waals surface area contributed by atoms with Crippen molar-refractivity contribution in [2.75, 3.05) is 6.54 Å². The van der Waals surface area contributed by atoms with Crippen molar-refractivity contribution in [1.29, 1.82) is 0 Å². The van der Waals surface area contributed by atoms with Crippen LogP contribution in [0, 0.1) is 6.92 Å². The summed E-state index contributed by atoms with van der Waals surface area (Å²) in [7, 11) is 0. The van der Waals surface area contributed by atoms with Gasteiger partial charge in [0.1, 0.15) is 10.7 Å². The first kappa shape index (κ1) is 18.8. The number of carbonyl (C=O) groups excluding carboxylic acids is 1. The number of amides is 1. The standard InChI is InChI=1S/C19H21ClN4OS/c1-3-17-11(2)23-19(26-17)16(9-21)24-18(25)15-8-13(10-22-15)12-4-6-14(20)7-5-12/h4-7,10,16H,3,8-9,21H2,1-2H3,(H,24,25). The molecule has 0 saturated heterocycles. The van der Waals surface area contributed by atoms with Gasteiger partial charge in [0, 0.05) is 29.1 Å². The first-order valence-corrected chi connectivity index (χ1v) is 9.70. The lowest BCUT2D eigenvalue weighted by Gasteiger charge is -2.14. The molecular formula is C19H21ClN4OS. The highest BCUT2D eigenvalue weighted by atomic mass is 35.5. The van der Waals surface area contributed by atoms with E-state index in [1.807, 2.05) is 31.2 Å². The number of nitrogens with zero attached hydrogens (tertiary/aromatic N) is 2. The van der Waals surface area contributed by atoms with Gasteiger partial charge in [-0.05, 0) is 36.6 Å². The van der Waals surface area contributed by atoms with Crippen LogP contribution in [0.3, 0.4) is 0 Å². The highest BCUT2D eigenvalue weighted by Gasteiger charge is 2.23. The molecule has 2 aromatic rings. The van der Waals surface area contributed by atoms with E-state index in [-0.39, 0.29) is 11.9 Å². The maximum absolute atomic E-state index is 12.6. The average Bonchev–Trinajstić information content (AvgIpc) is 3.27. The number of aliphatic imine (C=N–C) groups is 1. The molecule has 1 aromatic carbocycles. The summed E-state index contributed by atoms with van der Waals surface area (Å²) in [6.07, 6.45) is 3.15. The zero-order valence-corrected chi connectivity index (χ0v) is 16.3. The summed E-state index contributed by atoms with van der Waals surface area (Å²) < 4.78 is 0. The maximum atomic E-state index is 12.6. The molecule has 136 valence electrons. The van der Waals surface area contributed by atoms with Crippen LogP contribution < -0.4 is 11.1 Å². The summed E-state index contributed by atoms with van der Waals surface area (Å²) in [5.41, 5.74) is 9.37. The third kappa shape index (κ3) is 4.03. The minimum atomic E-state index is -0.297. The Bertz CT molecular complexity index is 870. The molecule has 0 bridgehead atoms. The van der Waals surface area contributed by atoms with Crippen LogP contribution in [0.1, 0.15) is 40.5 Å². The van der Waals surface area contributed by atoms with Crippen LogP contribution in [0.15, 0.2) is 35.5 Å². The summed E-state index contributed by atoms with van der Waals surface area (Å²) >= 11 is 7.53. The molecule has 0 fully saturated rings. The normalized spacial score (nSPS) is 14.8. The summed E-state index contributed by atoms with van der Waals surface area (Å²) in [6, 6.07) is 7.22. The van der Waals surface area contributed by atoms with E-state index in [1.165, 1.54) is 4.88 Å². The first-order valence-electron chi connectivity index (χ1n) is 8.50. The van der Waals surface area contributed by atoms with Crippen molar-refractivity contribution in [1.82, 2.24) is 10.3 Å². The van der Waals surface area contributed by atoms with Crippen molar-refractivity contribution in [2.45, 2.75) is 32.7 Å². The summed E-state index contributed by atoms with van der Waals surface area (Å²) in [5, 5.41) is 4.50. The van der Waals surface area contributed by atoms with Crippen molar-refractivity contribution < 1.29 is 4.79 Å². The van der Waals surface area contributed by atoms with Gasteiger partial charge in [-0.3, -0.25) is 9.79 Å². The second-order valence-corrected chi connectivity index (χ2v) is 7.64. The molecule has 1 amide bonds. The van der Waals surface area contributed by atoms with E-state index in [2.05, 4.69) is 22.2 Å². The van der Waals surface area contributed by atoms with E-state index in [1.54, 1.807) is 17.5 Å². The molecule has 1 aromatic heterocycles. The Kier molecular flexibility index (Phi) is 5.86. The number of allylic oxidation sites excluding steroid dienone is 1. The van der Waals surface area contributed by atoms with Gasteiger partial charge in [0.15, 0.2) is 0 Å². The first-order chi connectivity index (χ1) is 12.5. The number of rotatable bonds is 6. The van der Waals surface area contributed by atoms with Crippen LogP contribution in [0.2, 0.25) is 5.02 Å². The lowest BCUT2D eigenvalue weighted by Crippen LogP contribution is -2.37. The lowest BCUT2D eigenvalue weighted by molar-refractivity contribution is -0.115. The molecule has 0 spiro atoms. The van der Waals surface area contributed by atoms with Gasteiger partial charge in [0.2, 0.25) is 0 Å². The van der Waals surface area contributed by atoms with E-state index < -0.39 is 0 Å². The van der Waals surface area contributed by atoms with Crippen molar-refractivity contribution in [2.24, 2.45) is 10.7 Å². The predicted octanol–water partition coefficient (Wildman–Crippen LogP) is 3.67. The Morgan fingerprint density at radius 2 is 2.12 bits per heavy atom. The van der Waals surface area contributed by atoms with Crippen LogP contribution in [-0.2, 0) is 11.2 Å². The van der Waals surface area contributed by atoms with Crippen LogP contribution in [0.4, 0.5) is 0 Å². The quantitative estimate of drug-likeness (QED) is 0.792. The second-order valence-electron chi connectivity index (χ2n) is 6.09. The molecule has 1 aliphatic rings. The number of aryl methyl sites for hydroxylation is 2. The molecule has 3 N–H and O–H groups in total. The summed E-state index contributed by atoms with van der Waals surface area (Å²) in [5.74, 6) is -0.202. The predicted molar refractivity (Wildman–Crippen MR) is 108 cm³/mol. The van der Waals surface area contributed by atoms with Gasteiger partial charge in [0.05, 0.1) is 11.7 Å². The molecule has 26 heavy (non-hydrogen) atoms. The minimum absolute atomic E-state index is 0.202. The van der Waals surface area contributed by atoms with Crippen molar-refractivity contribution >= 4 is 40.1 Å². The number of nitrogens with one attached hydrogen (secondary N) is 1. The molecule has 1 unspecified atom stereocenters. The molecule has 0 radical (unpaired) electrons. The number of hydrogen-bond donors (Lipinski definition) is 2. The fraction of sp³-hybridized carbons (Fsp3) is 0.316. The molecule has 5 nitrogen and oxygen atoms in total. The number of nitrogens with two attached hydrogens (primary N) is 1. The van der Waals surface area contributed by atoms with Gasteiger partial charge in [-0.1, -0.05) is 30.7 Å². The number of hydrogen-bond acceptors (Lipinski definition) is 5. The molecule has 1 atom stereocenters. The third-order valence-electron chi connectivity index (χ3n) is 4.28. The van der Waals surface area contributed by atoms with Crippen LogP contribution in [0.25, 0.3) is 5.57 Å². The summed E-state index contributed by atoms with van der Waals surface area (Å²) in [4.78, 5) is 22.7. The molecule has 0 aliphatic carbocycles.